The molecule has 1 aromatic carbocycles. The summed E-state index contributed by atoms with van der Waals surface area (Å²) in [6.07, 6.45) is 5.06. The number of benzene rings is 1. The van der Waals surface area contributed by atoms with Gasteiger partial charge in [0, 0.05) is 17.8 Å². The van der Waals surface area contributed by atoms with Crippen molar-refractivity contribution in [1.82, 2.24) is 10.4 Å². The summed E-state index contributed by atoms with van der Waals surface area (Å²) in [6.45, 7) is 0. The van der Waals surface area contributed by atoms with E-state index in [-0.39, 0.29) is 12.0 Å². The molecule has 2 unspecified atom stereocenters. The maximum absolute atomic E-state index is 6.37. The van der Waals surface area contributed by atoms with Crippen LogP contribution in [0.3, 0.4) is 0 Å². The normalized spacial score (nSPS) is 19.1. The van der Waals surface area contributed by atoms with Gasteiger partial charge < -0.3 is 0 Å². The van der Waals surface area contributed by atoms with E-state index in [1.807, 2.05) is 24.4 Å². The van der Waals surface area contributed by atoms with Crippen molar-refractivity contribution in [2.24, 2.45) is 5.84 Å². The van der Waals surface area contributed by atoms with Crippen molar-refractivity contribution in [3.63, 3.8) is 0 Å². The van der Waals surface area contributed by atoms with Crippen LogP contribution < -0.4 is 11.3 Å². The predicted octanol–water partition coefficient (Wildman–Crippen LogP) is 4.01. The average Bonchev–Trinajstić information content (AvgIpc) is 2.52. The third-order valence-corrected chi connectivity index (χ3v) is 4.97. The maximum atomic E-state index is 6.37. The fourth-order valence-electron chi connectivity index (χ4n) is 3.15. The molecule has 3 rings (SSSR count). The monoisotopic (exact) mass is 321 g/mol. The van der Waals surface area contributed by atoms with Crippen LogP contribution in [-0.2, 0) is 6.42 Å². The molecule has 1 aromatic heterocycles. The molecule has 5 heteroatoms. The number of hydrazine groups is 1. The first-order chi connectivity index (χ1) is 10.2. The van der Waals surface area contributed by atoms with E-state index in [1.165, 1.54) is 5.56 Å². The number of rotatable bonds is 3. The molecular formula is C16H17Cl2N3. The second-order valence-corrected chi connectivity index (χ2v) is 6.12. The molecule has 2 aromatic rings. The Morgan fingerprint density at radius 3 is 2.90 bits per heavy atom. The lowest BCUT2D eigenvalue weighted by Gasteiger charge is -2.31. The Hall–Kier alpha value is -1.13. The Balaban J connectivity index is 2.04. The van der Waals surface area contributed by atoms with Crippen molar-refractivity contribution in [3.8, 4) is 0 Å². The van der Waals surface area contributed by atoms with Crippen LogP contribution >= 0.6 is 23.2 Å². The lowest BCUT2D eigenvalue weighted by Crippen LogP contribution is -2.34. The van der Waals surface area contributed by atoms with E-state index < -0.39 is 0 Å². The minimum Gasteiger partial charge on any atom is -0.271 e. The zero-order valence-corrected chi connectivity index (χ0v) is 13.0. The minimum absolute atomic E-state index is 0.0925. The van der Waals surface area contributed by atoms with Gasteiger partial charge in [0.05, 0.1) is 16.1 Å². The Bertz CT molecular complexity index is 645. The molecule has 0 saturated heterocycles. The van der Waals surface area contributed by atoms with Gasteiger partial charge >= 0.3 is 0 Å². The Morgan fingerprint density at radius 1 is 1.24 bits per heavy atom. The largest absolute Gasteiger partial charge is 0.271 e. The summed E-state index contributed by atoms with van der Waals surface area (Å²) in [5.41, 5.74) is 6.25. The van der Waals surface area contributed by atoms with E-state index in [9.17, 15) is 0 Å². The Labute approximate surface area is 134 Å². The molecule has 2 atom stereocenters. The molecule has 3 N–H and O–H groups in total. The number of pyridine rings is 1. The molecule has 0 fully saturated rings. The van der Waals surface area contributed by atoms with Crippen LogP contribution in [0, 0.1) is 0 Å². The van der Waals surface area contributed by atoms with Crippen LogP contribution in [0.15, 0.2) is 36.5 Å². The highest BCUT2D eigenvalue weighted by atomic mass is 35.5. The number of halogens is 2. The van der Waals surface area contributed by atoms with Crippen molar-refractivity contribution in [2.75, 3.05) is 0 Å². The van der Waals surface area contributed by atoms with Crippen LogP contribution in [0.4, 0.5) is 0 Å². The number of hydrogen-bond acceptors (Lipinski definition) is 3. The van der Waals surface area contributed by atoms with Crippen molar-refractivity contribution in [1.29, 1.82) is 0 Å². The highest BCUT2D eigenvalue weighted by molar-refractivity contribution is 6.42. The molecule has 0 saturated carbocycles. The van der Waals surface area contributed by atoms with Crippen LogP contribution in [0.2, 0.25) is 10.0 Å². The van der Waals surface area contributed by atoms with Crippen LogP contribution in [-0.4, -0.2) is 4.98 Å². The smallest absolute Gasteiger partial charge is 0.0640 e. The van der Waals surface area contributed by atoms with E-state index in [4.69, 9.17) is 29.0 Å². The van der Waals surface area contributed by atoms with Gasteiger partial charge in [-0.1, -0.05) is 41.4 Å². The molecule has 1 aliphatic carbocycles. The van der Waals surface area contributed by atoms with E-state index >= 15 is 0 Å². The van der Waals surface area contributed by atoms with Gasteiger partial charge in [-0.05, 0) is 42.5 Å². The summed E-state index contributed by atoms with van der Waals surface area (Å²) in [6, 6.07) is 9.69. The van der Waals surface area contributed by atoms with E-state index in [0.29, 0.717) is 10.0 Å². The standard InChI is InChI=1S/C16H17Cl2N3/c17-13-8-2-6-11(14(13)18)16(21-19)12-7-1-4-10-5-3-9-20-15(10)12/h2-3,5-6,8-9,12,16,21H,1,4,7,19H2. The first-order valence-electron chi connectivity index (χ1n) is 7.06. The minimum atomic E-state index is -0.0925. The summed E-state index contributed by atoms with van der Waals surface area (Å²) in [5.74, 6) is 6.04. The van der Waals surface area contributed by atoms with E-state index in [1.54, 1.807) is 6.07 Å². The van der Waals surface area contributed by atoms with Crippen molar-refractivity contribution in [3.05, 3.63) is 63.4 Å². The van der Waals surface area contributed by atoms with Gasteiger partial charge in [-0.2, -0.15) is 0 Å². The highest BCUT2D eigenvalue weighted by Gasteiger charge is 2.31. The van der Waals surface area contributed by atoms with Gasteiger partial charge in [0.2, 0.25) is 0 Å². The van der Waals surface area contributed by atoms with Crippen LogP contribution in [0.5, 0.6) is 0 Å². The molecule has 110 valence electrons. The second kappa shape index (κ2) is 6.32. The molecular weight excluding hydrogens is 305 g/mol. The van der Waals surface area contributed by atoms with Gasteiger partial charge in [0.25, 0.3) is 0 Å². The maximum Gasteiger partial charge on any atom is 0.0640 e. The van der Waals surface area contributed by atoms with Crippen LogP contribution in [0.25, 0.3) is 0 Å². The first kappa shape index (κ1) is 14.8. The molecule has 21 heavy (non-hydrogen) atoms. The summed E-state index contributed by atoms with van der Waals surface area (Å²) in [7, 11) is 0. The molecule has 0 amide bonds. The topological polar surface area (TPSA) is 50.9 Å². The number of nitrogens with one attached hydrogen (secondary N) is 1. The molecule has 1 aliphatic rings. The number of nitrogens with zero attached hydrogens (tertiary/aromatic N) is 1. The molecule has 1 heterocycles. The summed E-state index contributed by atoms with van der Waals surface area (Å²) < 4.78 is 0. The van der Waals surface area contributed by atoms with Gasteiger partial charge in [-0.15, -0.1) is 0 Å². The van der Waals surface area contributed by atoms with Gasteiger partial charge in [-0.25, -0.2) is 0 Å². The third-order valence-electron chi connectivity index (χ3n) is 4.14. The van der Waals surface area contributed by atoms with Gasteiger partial charge in [0.1, 0.15) is 0 Å². The van der Waals surface area contributed by atoms with Crippen molar-refractivity contribution >= 4 is 23.2 Å². The summed E-state index contributed by atoms with van der Waals surface area (Å²) >= 11 is 12.5. The molecule has 0 bridgehead atoms. The lowest BCUT2D eigenvalue weighted by atomic mass is 9.80. The summed E-state index contributed by atoms with van der Waals surface area (Å²) in [5, 5.41) is 1.11. The molecule has 3 nitrogen and oxygen atoms in total. The van der Waals surface area contributed by atoms with Gasteiger partial charge in [0.15, 0.2) is 0 Å². The van der Waals surface area contributed by atoms with E-state index in [0.717, 1.165) is 30.5 Å². The average molecular weight is 322 g/mol. The summed E-state index contributed by atoms with van der Waals surface area (Å²) in [4.78, 5) is 4.58. The zero-order chi connectivity index (χ0) is 14.8. The van der Waals surface area contributed by atoms with Gasteiger partial charge in [-0.3, -0.25) is 16.3 Å². The van der Waals surface area contributed by atoms with Crippen LogP contribution in [0.1, 0.15) is 41.6 Å². The molecule has 0 radical (unpaired) electrons. The molecule has 0 aliphatic heterocycles. The highest BCUT2D eigenvalue weighted by Crippen LogP contribution is 2.42. The number of fused-ring (bicyclic) bond motifs is 1. The molecule has 0 spiro atoms. The Kier molecular flexibility index (Phi) is 4.45. The third kappa shape index (κ3) is 2.79. The predicted molar refractivity (Wildman–Crippen MR) is 86.4 cm³/mol. The number of nitrogens with two attached hydrogens (primary N) is 1. The van der Waals surface area contributed by atoms with E-state index in [2.05, 4.69) is 16.5 Å². The first-order valence-corrected chi connectivity index (χ1v) is 7.81. The fourth-order valence-corrected chi connectivity index (χ4v) is 3.58. The number of aromatic nitrogens is 1. The quantitative estimate of drug-likeness (QED) is 0.663. The SMILES string of the molecule is NNC(c1cccc(Cl)c1Cl)C1CCCc2cccnc21. The van der Waals surface area contributed by atoms with Crippen molar-refractivity contribution in [2.45, 2.75) is 31.2 Å². The second-order valence-electron chi connectivity index (χ2n) is 5.33. The zero-order valence-electron chi connectivity index (χ0n) is 11.5. The lowest BCUT2D eigenvalue weighted by molar-refractivity contribution is 0.400. The van der Waals surface area contributed by atoms with Crippen molar-refractivity contribution < 1.29 is 0 Å². The fraction of sp³-hybridized carbons (Fsp3) is 0.312. The Morgan fingerprint density at radius 2 is 2.10 bits per heavy atom. The number of aryl methyl sites for hydroxylation is 1. The number of hydrogen-bond donors (Lipinski definition) is 2.